The van der Waals surface area contributed by atoms with Crippen LogP contribution in [0.2, 0.25) is 0 Å². The predicted molar refractivity (Wildman–Crippen MR) is 212 cm³/mol. The van der Waals surface area contributed by atoms with E-state index in [-0.39, 0.29) is 46.7 Å². The fourth-order valence-electron chi connectivity index (χ4n) is 6.69. The van der Waals surface area contributed by atoms with Gasteiger partial charge < -0.3 is 13.7 Å². The normalized spacial score (nSPS) is 13.7. The van der Waals surface area contributed by atoms with Crippen LogP contribution in [-0.2, 0) is 0 Å². The molecule has 0 spiro atoms. The second kappa shape index (κ2) is 11.9. The fourth-order valence-corrected chi connectivity index (χ4v) is 6.69. The molecule has 0 amide bonds. The molecule has 0 N–H and O–H groups in total. The van der Waals surface area contributed by atoms with Crippen molar-refractivity contribution in [2.24, 2.45) is 0 Å². The van der Waals surface area contributed by atoms with Gasteiger partial charge in [0.1, 0.15) is 22.3 Å². The van der Waals surface area contributed by atoms with Crippen molar-refractivity contribution in [1.29, 1.82) is 0 Å². The Hall–Kier alpha value is -6.84. The Labute approximate surface area is 306 Å². The second-order valence-corrected chi connectivity index (χ2v) is 12.3. The lowest BCUT2D eigenvalue weighted by molar-refractivity contribution is 0.668. The maximum atomic E-state index is 9.47. The number of hydrogen-bond donors (Lipinski definition) is 0. The largest absolute Gasteiger partial charge is 0.456 e. The fraction of sp³-hybridized carbons (Fsp3) is 0. The summed E-state index contributed by atoms with van der Waals surface area (Å²) in [7, 11) is 0. The lowest BCUT2D eigenvalue weighted by atomic mass is 10.0. The molecule has 0 radical (unpaired) electrons. The molecule has 0 bridgehead atoms. The monoisotopic (exact) mass is 661 g/mol. The zero-order valence-corrected chi connectivity index (χ0v) is 27.0. The first-order chi connectivity index (χ1) is 28.6. The molecule has 51 heavy (non-hydrogen) atoms. The van der Waals surface area contributed by atoms with Gasteiger partial charge in [0.2, 0.25) is 0 Å². The third-order valence-corrected chi connectivity index (χ3v) is 9.23. The van der Waals surface area contributed by atoms with E-state index < -0.39 is 24.2 Å². The molecule has 0 saturated carbocycles. The minimum absolute atomic E-state index is 0.0763. The smallest absolute Gasteiger partial charge is 0.135 e. The Morgan fingerprint density at radius 3 is 1.27 bits per heavy atom. The molecule has 10 rings (SSSR count). The number of fused-ring (bicyclic) bond motifs is 6. The summed E-state index contributed by atoms with van der Waals surface area (Å²) in [6.45, 7) is 0. The second-order valence-electron chi connectivity index (χ2n) is 12.3. The van der Waals surface area contributed by atoms with Crippen molar-refractivity contribution in [3.63, 3.8) is 0 Å². The van der Waals surface area contributed by atoms with E-state index in [9.17, 15) is 8.22 Å². The minimum Gasteiger partial charge on any atom is -0.456 e. The third kappa shape index (κ3) is 5.15. The van der Waals surface area contributed by atoms with Crippen LogP contribution in [0, 0.1) is 0 Å². The van der Waals surface area contributed by atoms with E-state index in [1.165, 1.54) is 4.90 Å². The van der Waals surface area contributed by atoms with Crippen LogP contribution in [0.1, 0.15) is 11.0 Å². The van der Waals surface area contributed by atoms with Crippen molar-refractivity contribution in [3.8, 4) is 33.4 Å². The van der Waals surface area contributed by atoms with Gasteiger partial charge in [-0.15, -0.1) is 0 Å². The lowest BCUT2D eigenvalue weighted by Gasteiger charge is -2.26. The first kappa shape index (κ1) is 22.0. The Morgan fingerprint density at radius 1 is 0.314 bits per heavy atom. The summed E-state index contributed by atoms with van der Waals surface area (Å²) in [5, 5.41) is 3.56. The molecular formula is C48H31NO2. The molecule has 2 aromatic heterocycles. The summed E-state index contributed by atoms with van der Waals surface area (Å²) in [5.74, 6) is 0. The highest BCUT2D eigenvalue weighted by atomic mass is 16.3. The number of rotatable bonds is 6. The van der Waals surface area contributed by atoms with Gasteiger partial charge in [-0.05, 0) is 106 Å². The number of nitrogens with zero attached hydrogens (tertiary/aromatic N) is 1. The maximum absolute atomic E-state index is 9.47. The molecule has 0 unspecified atom stereocenters. The van der Waals surface area contributed by atoms with Crippen LogP contribution in [0.15, 0.2) is 197 Å². The number of para-hydroxylation sites is 2. The summed E-state index contributed by atoms with van der Waals surface area (Å²) in [5.41, 5.74) is 5.61. The summed E-state index contributed by atoms with van der Waals surface area (Å²) >= 11 is 0. The Kier molecular flexibility index (Phi) is 5.15. The van der Waals surface area contributed by atoms with E-state index in [4.69, 9.17) is 11.6 Å². The van der Waals surface area contributed by atoms with E-state index in [2.05, 4.69) is 0 Å². The third-order valence-electron chi connectivity index (χ3n) is 9.23. The molecule has 240 valence electrons. The number of hydrogen-bond acceptors (Lipinski definition) is 3. The molecule has 3 heteroatoms. The topological polar surface area (TPSA) is 29.5 Å². The van der Waals surface area contributed by atoms with Crippen molar-refractivity contribution >= 4 is 60.9 Å². The first-order valence-corrected chi connectivity index (χ1v) is 16.6. The predicted octanol–water partition coefficient (Wildman–Crippen LogP) is 14.0. The van der Waals surface area contributed by atoms with Crippen molar-refractivity contribution in [2.45, 2.75) is 0 Å². The summed E-state index contributed by atoms with van der Waals surface area (Å²) in [4.78, 5) is 1.32. The zero-order chi connectivity index (χ0) is 40.7. The maximum Gasteiger partial charge on any atom is 0.135 e. The van der Waals surface area contributed by atoms with Gasteiger partial charge in [-0.1, -0.05) is 115 Å². The van der Waals surface area contributed by atoms with E-state index in [0.29, 0.717) is 28.0 Å². The molecule has 0 atom stereocenters. The standard InChI is InChI=1S/C48H31NO2/c1-2-8-32(9-3-1)33-14-22-38(23-15-33)49(39-24-16-34(17-25-39)36-20-28-47-43(30-36)41-10-4-6-12-45(41)50-47)40-26-18-35(19-27-40)37-21-29-48-44(31-37)42-11-5-7-13-46(42)51-48/h1-31H/i14D,15D,16D,17D,22D,23D,24D,25D. The quantitative estimate of drug-likeness (QED) is 0.178. The zero-order valence-electron chi connectivity index (χ0n) is 35.0. The van der Waals surface area contributed by atoms with E-state index >= 15 is 0 Å². The van der Waals surface area contributed by atoms with Crippen LogP contribution in [0.25, 0.3) is 77.3 Å². The van der Waals surface area contributed by atoms with Gasteiger partial charge in [-0.2, -0.15) is 0 Å². The highest BCUT2D eigenvalue weighted by molar-refractivity contribution is 6.07. The van der Waals surface area contributed by atoms with Gasteiger partial charge in [-0.3, -0.25) is 0 Å². The highest BCUT2D eigenvalue weighted by Crippen LogP contribution is 2.39. The van der Waals surface area contributed by atoms with Gasteiger partial charge in [0.25, 0.3) is 0 Å². The van der Waals surface area contributed by atoms with Crippen LogP contribution in [0.3, 0.4) is 0 Å². The van der Waals surface area contributed by atoms with E-state index in [1.807, 2.05) is 78.9 Å². The van der Waals surface area contributed by atoms with Gasteiger partial charge >= 0.3 is 0 Å². The van der Waals surface area contributed by atoms with Crippen LogP contribution in [0.5, 0.6) is 0 Å². The Bertz CT molecular complexity index is 3260. The molecule has 2 heterocycles. The van der Waals surface area contributed by atoms with Crippen molar-refractivity contribution in [1.82, 2.24) is 0 Å². The minimum atomic E-state index is -0.413. The first-order valence-electron chi connectivity index (χ1n) is 20.6. The van der Waals surface area contributed by atoms with Gasteiger partial charge in [0.05, 0.1) is 11.0 Å². The van der Waals surface area contributed by atoms with Gasteiger partial charge in [0.15, 0.2) is 0 Å². The van der Waals surface area contributed by atoms with E-state index in [0.717, 1.165) is 43.8 Å². The summed E-state index contributed by atoms with van der Waals surface area (Å²) < 4.78 is 86.6. The Balaban J connectivity index is 1.17. The number of furan rings is 2. The van der Waals surface area contributed by atoms with Crippen molar-refractivity contribution in [2.75, 3.05) is 4.90 Å². The van der Waals surface area contributed by atoms with Crippen LogP contribution < -0.4 is 4.90 Å². The van der Waals surface area contributed by atoms with E-state index in [1.54, 1.807) is 60.7 Å². The number of benzene rings is 8. The molecule has 8 aromatic carbocycles. The summed E-state index contributed by atoms with van der Waals surface area (Å²) in [6.07, 6.45) is 0. The average Bonchev–Trinajstić information content (AvgIpc) is 3.83. The molecular weight excluding hydrogens is 623 g/mol. The molecule has 0 fully saturated rings. The van der Waals surface area contributed by atoms with Gasteiger partial charge in [-0.25, -0.2) is 0 Å². The highest BCUT2D eigenvalue weighted by Gasteiger charge is 2.15. The molecule has 0 aliphatic rings. The van der Waals surface area contributed by atoms with Crippen LogP contribution in [0.4, 0.5) is 17.1 Å². The van der Waals surface area contributed by atoms with Crippen molar-refractivity contribution in [3.05, 3.63) is 188 Å². The average molecular weight is 662 g/mol. The van der Waals surface area contributed by atoms with Crippen LogP contribution in [-0.4, -0.2) is 0 Å². The number of anilines is 3. The Morgan fingerprint density at radius 2 is 0.725 bits per heavy atom. The summed E-state index contributed by atoms with van der Waals surface area (Å²) in [6, 6.07) is 39.6. The molecule has 0 aliphatic carbocycles. The lowest BCUT2D eigenvalue weighted by Crippen LogP contribution is -2.09. The molecule has 0 saturated heterocycles. The van der Waals surface area contributed by atoms with Gasteiger partial charge in [0, 0.05) is 38.6 Å². The molecule has 3 nitrogen and oxygen atoms in total. The molecule has 0 aliphatic heterocycles. The van der Waals surface area contributed by atoms with Crippen LogP contribution >= 0.6 is 0 Å². The van der Waals surface area contributed by atoms with Crippen molar-refractivity contribution < 1.29 is 19.8 Å². The molecule has 10 aromatic rings. The SMILES string of the molecule is [2H]c1c([2H])c(N(c2ccc(-c3ccc4oc5ccccc5c4c3)cc2)c2c([2H])c([2H])c(-c3ccc4oc5ccccc5c4c3)c([2H])c2[2H])c([2H])c([2H])c1-c1ccccc1.